The first-order chi connectivity index (χ1) is 23.7. The van der Waals surface area contributed by atoms with Crippen molar-refractivity contribution in [2.24, 2.45) is 0 Å². The molecule has 0 spiro atoms. The number of ether oxygens (including phenoxy) is 2. The largest absolute Gasteiger partial charge is 0.377 e. The molecule has 0 fully saturated rings. The SMILES string of the molecule is CCCCCCCCOCC=Cc1ccc(-c2ccc(C=Cc3ccc(-c4ccc(C=CCOCCCCCCCC)s4)cc3)cc2)s1. The summed E-state index contributed by atoms with van der Waals surface area (Å²) >= 11 is 3.65. The Labute approximate surface area is 299 Å². The van der Waals surface area contributed by atoms with Crippen molar-refractivity contribution in [2.45, 2.75) is 90.9 Å². The van der Waals surface area contributed by atoms with Crippen molar-refractivity contribution in [2.75, 3.05) is 26.4 Å². The first-order valence-electron chi connectivity index (χ1n) is 18.3. The molecule has 0 aliphatic rings. The summed E-state index contributed by atoms with van der Waals surface area (Å²) in [5.41, 5.74) is 4.91. The Morgan fingerprint density at radius 1 is 0.438 bits per heavy atom. The van der Waals surface area contributed by atoms with Crippen LogP contribution in [0.25, 0.3) is 45.2 Å². The van der Waals surface area contributed by atoms with E-state index in [0.29, 0.717) is 13.2 Å². The van der Waals surface area contributed by atoms with Crippen LogP contribution in [0.1, 0.15) is 112 Å². The van der Waals surface area contributed by atoms with E-state index in [0.717, 1.165) is 13.2 Å². The number of rotatable bonds is 24. The lowest BCUT2D eigenvalue weighted by Crippen LogP contribution is -1.94. The Morgan fingerprint density at radius 3 is 1.25 bits per heavy atom. The molecule has 4 aromatic rings. The average molecular weight is 681 g/mol. The van der Waals surface area contributed by atoms with Crippen molar-refractivity contribution < 1.29 is 9.47 Å². The van der Waals surface area contributed by atoms with Crippen LogP contribution in [-0.2, 0) is 9.47 Å². The van der Waals surface area contributed by atoms with Crippen LogP contribution in [0.2, 0.25) is 0 Å². The highest BCUT2D eigenvalue weighted by Gasteiger charge is 2.03. The summed E-state index contributed by atoms with van der Waals surface area (Å²) in [6.07, 6.45) is 28.6. The Kier molecular flexibility index (Phi) is 18.4. The van der Waals surface area contributed by atoms with Crippen LogP contribution in [-0.4, -0.2) is 26.4 Å². The first-order valence-corrected chi connectivity index (χ1v) is 20.0. The second-order valence-electron chi connectivity index (χ2n) is 12.5. The molecule has 2 aromatic heterocycles. The molecule has 0 atom stereocenters. The molecule has 2 nitrogen and oxygen atoms in total. The number of thiophene rings is 2. The van der Waals surface area contributed by atoms with Gasteiger partial charge in [-0.3, -0.25) is 0 Å². The normalized spacial score (nSPS) is 12.0. The highest BCUT2D eigenvalue weighted by atomic mass is 32.1. The van der Waals surface area contributed by atoms with E-state index >= 15 is 0 Å². The third-order valence-electron chi connectivity index (χ3n) is 8.39. The van der Waals surface area contributed by atoms with Gasteiger partial charge in [0, 0.05) is 32.7 Å². The molecule has 0 aliphatic carbocycles. The molecule has 4 heteroatoms. The Bertz CT molecular complexity index is 1370. The molecule has 256 valence electrons. The fourth-order valence-electron chi connectivity index (χ4n) is 5.50. The minimum Gasteiger partial charge on any atom is -0.377 e. The average Bonchev–Trinajstić information content (AvgIpc) is 3.80. The van der Waals surface area contributed by atoms with E-state index in [2.05, 4.69) is 123 Å². The van der Waals surface area contributed by atoms with Gasteiger partial charge in [0.25, 0.3) is 0 Å². The quantitative estimate of drug-likeness (QED) is 0.0542. The summed E-state index contributed by atoms with van der Waals surface area (Å²) in [7, 11) is 0. The third kappa shape index (κ3) is 14.6. The van der Waals surface area contributed by atoms with Crippen LogP contribution < -0.4 is 0 Å². The molecular weight excluding hydrogens is 625 g/mol. The molecule has 0 N–H and O–H groups in total. The zero-order chi connectivity index (χ0) is 33.5. The summed E-state index contributed by atoms with van der Waals surface area (Å²) < 4.78 is 11.6. The van der Waals surface area contributed by atoms with Crippen LogP contribution in [0.5, 0.6) is 0 Å². The summed E-state index contributed by atoms with van der Waals surface area (Å²) in [4.78, 5) is 5.11. The smallest absolute Gasteiger partial charge is 0.0650 e. The van der Waals surface area contributed by atoms with Crippen LogP contribution in [0, 0.1) is 0 Å². The maximum absolute atomic E-state index is 5.79. The minimum absolute atomic E-state index is 0.689. The molecule has 0 saturated heterocycles. The highest BCUT2D eigenvalue weighted by Crippen LogP contribution is 2.31. The van der Waals surface area contributed by atoms with Crippen LogP contribution >= 0.6 is 22.7 Å². The van der Waals surface area contributed by atoms with E-state index in [1.54, 1.807) is 0 Å². The van der Waals surface area contributed by atoms with Gasteiger partial charge in [-0.1, -0.05) is 151 Å². The topological polar surface area (TPSA) is 18.5 Å². The van der Waals surface area contributed by atoms with E-state index in [1.807, 2.05) is 22.7 Å². The number of hydrogen-bond acceptors (Lipinski definition) is 4. The predicted octanol–water partition coefficient (Wildman–Crippen LogP) is 14.1. The molecule has 4 rings (SSSR count). The van der Waals surface area contributed by atoms with Crippen molar-refractivity contribution in [3.8, 4) is 20.9 Å². The maximum atomic E-state index is 5.79. The van der Waals surface area contributed by atoms with Crippen molar-refractivity contribution in [3.05, 3.63) is 106 Å². The van der Waals surface area contributed by atoms with Gasteiger partial charge in [-0.05, 0) is 71.5 Å². The molecule has 48 heavy (non-hydrogen) atoms. The Balaban J connectivity index is 1.16. The van der Waals surface area contributed by atoms with E-state index < -0.39 is 0 Å². The summed E-state index contributed by atoms with van der Waals surface area (Å²) in [6, 6.07) is 26.5. The summed E-state index contributed by atoms with van der Waals surface area (Å²) in [6.45, 7) is 7.63. The first kappa shape index (κ1) is 37.8. The second-order valence-corrected chi connectivity index (χ2v) is 14.7. The van der Waals surface area contributed by atoms with Crippen molar-refractivity contribution >= 4 is 47.0 Å². The number of benzene rings is 2. The molecule has 0 unspecified atom stereocenters. The lowest BCUT2D eigenvalue weighted by molar-refractivity contribution is 0.157. The van der Waals surface area contributed by atoms with Gasteiger partial charge in [-0.25, -0.2) is 0 Å². The van der Waals surface area contributed by atoms with Gasteiger partial charge in [-0.15, -0.1) is 22.7 Å². The second kappa shape index (κ2) is 23.4. The zero-order valence-electron chi connectivity index (χ0n) is 29.3. The fraction of sp³-hybridized carbons (Fsp3) is 0.409. The highest BCUT2D eigenvalue weighted by molar-refractivity contribution is 7.16. The van der Waals surface area contributed by atoms with Gasteiger partial charge < -0.3 is 9.47 Å². The molecule has 0 aliphatic heterocycles. The van der Waals surface area contributed by atoms with Crippen LogP contribution in [0.15, 0.2) is 84.9 Å². The molecule has 2 aromatic carbocycles. The van der Waals surface area contributed by atoms with Crippen molar-refractivity contribution in [1.29, 1.82) is 0 Å². The molecule has 2 heterocycles. The van der Waals surface area contributed by atoms with Gasteiger partial charge in [0.2, 0.25) is 0 Å². The Morgan fingerprint density at radius 2 is 0.833 bits per heavy atom. The lowest BCUT2D eigenvalue weighted by Gasteiger charge is -2.01. The maximum Gasteiger partial charge on any atom is 0.0650 e. The standard InChI is InChI=1S/C44H56O2S2/c1-3-5-7-9-11-13-33-45-35-15-17-41-29-31-43(47-41)39-25-21-37(22-26-39)19-20-38-23-27-40(28-24-38)44-32-30-42(48-44)18-16-36-46-34-14-12-10-8-6-4-2/h15-32H,3-14,33-36H2,1-2H3. The lowest BCUT2D eigenvalue weighted by atomic mass is 10.1. The summed E-state index contributed by atoms with van der Waals surface area (Å²) in [5.74, 6) is 0. The zero-order valence-corrected chi connectivity index (χ0v) is 31.0. The van der Waals surface area contributed by atoms with E-state index in [4.69, 9.17) is 9.47 Å². The summed E-state index contributed by atoms with van der Waals surface area (Å²) in [5, 5.41) is 0. The van der Waals surface area contributed by atoms with E-state index in [-0.39, 0.29) is 0 Å². The van der Waals surface area contributed by atoms with Gasteiger partial charge in [0.15, 0.2) is 0 Å². The van der Waals surface area contributed by atoms with Crippen LogP contribution in [0.4, 0.5) is 0 Å². The molecule has 0 amide bonds. The molecule has 0 saturated carbocycles. The van der Waals surface area contributed by atoms with Gasteiger partial charge >= 0.3 is 0 Å². The molecule has 0 radical (unpaired) electrons. The molecular formula is C44H56O2S2. The van der Waals surface area contributed by atoms with Crippen molar-refractivity contribution in [1.82, 2.24) is 0 Å². The van der Waals surface area contributed by atoms with E-state index in [1.165, 1.54) is 119 Å². The Hall–Kier alpha value is -3.02. The molecule has 0 bridgehead atoms. The van der Waals surface area contributed by atoms with E-state index in [9.17, 15) is 0 Å². The third-order valence-corrected chi connectivity index (χ3v) is 10.6. The van der Waals surface area contributed by atoms with Gasteiger partial charge in [0.05, 0.1) is 13.2 Å². The fourth-order valence-corrected chi connectivity index (χ4v) is 7.39. The van der Waals surface area contributed by atoms with Gasteiger partial charge in [0.1, 0.15) is 0 Å². The van der Waals surface area contributed by atoms with Crippen molar-refractivity contribution in [3.63, 3.8) is 0 Å². The van der Waals surface area contributed by atoms with Gasteiger partial charge in [-0.2, -0.15) is 0 Å². The van der Waals surface area contributed by atoms with Crippen LogP contribution in [0.3, 0.4) is 0 Å². The minimum atomic E-state index is 0.689. The number of unbranched alkanes of at least 4 members (excludes halogenated alkanes) is 10. The monoisotopic (exact) mass is 680 g/mol. The number of hydrogen-bond donors (Lipinski definition) is 0. The predicted molar refractivity (Wildman–Crippen MR) is 215 cm³/mol.